The van der Waals surface area contributed by atoms with Gasteiger partial charge in [0.05, 0.1) is 5.69 Å². The van der Waals surface area contributed by atoms with Crippen LogP contribution >= 0.6 is 0 Å². The van der Waals surface area contributed by atoms with Crippen molar-refractivity contribution >= 4 is 5.82 Å². The van der Waals surface area contributed by atoms with Gasteiger partial charge in [-0.1, -0.05) is 17.2 Å². The molecule has 2 N–H and O–H groups in total. The van der Waals surface area contributed by atoms with Crippen molar-refractivity contribution in [3.8, 4) is 11.3 Å². The average molecular weight is 269 g/mol. The van der Waals surface area contributed by atoms with E-state index in [-0.39, 0.29) is 5.69 Å². The van der Waals surface area contributed by atoms with Gasteiger partial charge in [-0.05, 0) is 50.8 Å². The monoisotopic (exact) mass is 269 g/mol. The molecule has 2 aromatic rings. The van der Waals surface area contributed by atoms with E-state index in [0.717, 1.165) is 48.4 Å². The number of aromatic nitrogens is 2. The molecule has 3 rings (SSSR count). The fourth-order valence-corrected chi connectivity index (χ4v) is 2.89. The maximum absolute atomic E-state index is 11.8. The summed E-state index contributed by atoms with van der Waals surface area (Å²) in [4.78, 5) is 18.8. The van der Waals surface area contributed by atoms with Crippen molar-refractivity contribution in [3.05, 3.63) is 45.4 Å². The molecule has 1 aromatic heterocycles. The molecule has 4 heteroatoms. The summed E-state index contributed by atoms with van der Waals surface area (Å²) < 4.78 is 0. The first-order valence-corrected chi connectivity index (χ1v) is 7.09. The molecule has 20 heavy (non-hydrogen) atoms. The first-order valence-electron chi connectivity index (χ1n) is 7.09. The Morgan fingerprint density at radius 1 is 1.10 bits per heavy atom. The summed E-state index contributed by atoms with van der Waals surface area (Å²) in [6, 6.07) is 6.37. The highest BCUT2D eigenvalue weighted by molar-refractivity contribution is 5.69. The molecule has 0 spiro atoms. The molecule has 1 aliphatic rings. The van der Waals surface area contributed by atoms with Gasteiger partial charge in [0.25, 0.3) is 0 Å². The summed E-state index contributed by atoms with van der Waals surface area (Å²) in [6.45, 7) is 5.04. The fourth-order valence-electron chi connectivity index (χ4n) is 2.89. The van der Waals surface area contributed by atoms with Crippen LogP contribution in [-0.4, -0.2) is 16.5 Å². The molecule has 0 fully saturated rings. The Morgan fingerprint density at radius 2 is 1.85 bits per heavy atom. The van der Waals surface area contributed by atoms with E-state index in [1.807, 2.05) is 0 Å². The summed E-state index contributed by atoms with van der Waals surface area (Å²) in [5.74, 6) is 0.750. The van der Waals surface area contributed by atoms with E-state index in [4.69, 9.17) is 0 Å². The van der Waals surface area contributed by atoms with Gasteiger partial charge in [0, 0.05) is 12.1 Å². The smallest absolute Gasteiger partial charge is 0.347 e. The zero-order valence-electron chi connectivity index (χ0n) is 11.9. The molecule has 0 bridgehead atoms. The predicted octanol–water partition coefficient (Wildman–Crippen LogP) is 2.80. The highest BCUT2D eigenvalue weighted by atomic mass is 16.1. The van der Waals surface area contributed by atoms with Gasteiger partial charge in [-0.3, -0.25) is 0 Å². The lowest BCUT2D eigenvalue weighted by Gasteiger charge is -2.12. The number of fused-ring (bicyclic) bond motifs is 1. The molecule has 0 saturated heterocycles. The maximum atomic E-state index is 11.8. The van der Waals surface area contributed by atoms with Gasteiger partial charge in [-0.25, -0.2) is 4.79 Å². The lowest BCUT2D eigenvalue weighted by Crippen LogP contribution is -2.17. The Balaban J connectivity index is 2.22. The minimum Gasteiger partial charge on any atom is -0.370 e. The zero-order valence-corrected chi connectivity index (χ0v) is 11.9. The van der Waals surface area contributed by atoms with Crippen molar-refractivity contribution in [3.63, 3.8) is 0 Å². The number of nitrogens with one attached hydrogen (secondary N) is 2. The van der Waals surface area contributed by atoms with Crippen molar-refractivity contribution in [1.29, 1.82) is 0 Å². The van der Waals surface area contributed by atoms with Gasteiger partial charge in [-0.2, -0.15) is 4.98 Å². The Morgan fingerprint density at radius 3 is 2.60 bits per heavy atom. The summed E-state index contributed by atoms with van der Waals surface area (Å²) in [5.41, 5.74) is 5.24. The Kier molecular flexibility index (Phi) is 3.30. The van der Waals surface area contributed by atoms with E-state index in [0.29, 0.717) is 0 Å². The lowest BCUT2D eigenvalue weighted by atomic mass is 9.99. The fraction of sp³-hybridized carbons (Fsp3) is 0.375. The Labute approximate surface area is 118 Å². The summed E-state index contributed by atoms with van der Waals surface area (Å²) >= 11 is 0. The third-order valence-corrected chi connectivity index (χ3v) is 3.69. The van der Waals surface area contributed by atoms with Crippen molar-refractivity contribution in [2.24, 2.45) is 0 Å². The number of anilines is 1. The second-order valence-electron chi connectivity index (χ2n) is 5.50. The van der Waals surface area contributed by atoms with E-state index in [9.17, 15) is 4.79 Å². The van der Waals surface area contributed by atoms with Gasteiger partial charge in [0.1, 0.15) is 5.82 Å². The molecule has 1 aliphatic heterocycles. The SMILES string of the molecule is Cc1cc(C)cc(-c2[nH]c(=O)nc3c2CCCCN3)c1. The van der Waals surface area contributed by atoms with Crippen molar-refractivity contribution < 1.29 is 0 Å². The molecular formula is C16H19N3O. The van der Waals surface area contributed by atoms with Crippen LogP contribution in [0.5, 0.6) is 0 Å². The largest absolute Gasteiger partial charge is 0.370 e. The minimum atomic E-state index is -0.285. The molecular weight excluding hydrogens is 250 g/mol. The normalized spacial score (nSPS) is 14.3. The molecule has 4 nitrogen and oxygen atoms in total. The summed E-state index contributed by atoms with van der Waals surface area (Å²) in [5, 5.41) is 3.27. The van der Waals surface area contributed by atoms with Crippen LogP contribution in [-0.2, 0) is 6.42 Å². The number of nitrogens with zero attached hydrogens (tertiary/aromatic N) is 1. The topological polar surface area (TPSA) is 57.8 Å². The van der Waals surface area contributed by atoms with E-state index < -0.39 is 0 Å². The first-order chi connectivity index (χ1) is 9.63. The molecule has 1 aromatic carbocycles. The lowest BCUT2D eigenvalue weighted by molar-refractivity contribution is 0.785. The van der Waals surface area contributed by atoms with Crippen LogP contribution in [0.1, 0.15) is 29.5 Å². The van der Waals surface area contributed by atoms with Crippen LogP contribution in [0.3, 0.4) is 0 Å². The summed E-state index contributed by atoms with van der Waals surface area (Å²) in [7, 11) is 0. The van der Waals surface area contributed by atoms with E-state index in [2.05, 4.69) is 47.3 Å². The third-order valence-electron chi connectivity index (χ3n) is 3.69. The molecule has 0 amide bonds. The first kappa shape index (κ1) is 12.9. The van der Waals surface area contributed by atoms with E-state index >= 15 is 0 Å². The molecule has 0 aliphatic carbocycles. The molecule has 0 saturated carbocycles. The minimum absolute atomic E-state index is 0.285. The van der Waals surface area contributed by atoms with Crippen LogP contribution in [0.25, 0.3) is 11.3 Å². The second kappa shape index (κ2) is 5.12. The predicted molar refractivity (Wildman–Crippen MR) is 81.2 cm³/mol. The quantitative estimate of drug-likeness (QED) is 0.837. The third kappa shape index (κ3) is 2.46. The highest BCUT2D eigenvalue weighted by Crippen LogP contribution is 2.29. The Bertz CT molecular complexity index is 683. The van der Waals surface area contributed by atoms with Crippen LogP contribution in [0.15, 0.2) is 23.0 Å². The van der Waals surface area contributed by atoms with Gasteiger partial charge < -0.3 is 10.3 Å². The average Bonchev–Trinajstić information content (AvgIpc) is 2.61. The van der Waals surface area contributed by atoms with Crippen molar-refractivity contribution in [2.45, 2.75) is 33.1 Å². The van der Waals surface area contributed by atoms with Crippen molar-refractivity contribution in [1.82, 2.24) is 9.97 Å². The van der Waals surface area contributed by atoms with Gasteiger partial charge in [0.15, 0.2) is 0 Å². The Hall–Kier alpha value is -2.10. The van der Waals surface area contributed by atoms with E-state index in [1.54, 1.807) is 0 Å². The van der Waals surface area contributed by atoms with Crippen LogP contribution < -0.4 is 11.0 Å². The molecule has 0 unspecified atom stereocenters. The van der Waals surface area contributed by atoms with Crippen LogP contribution in [0, 0.1) is 13.8 Å². The zero-order chi connectivity index (χ0) is 14.1. The number of hydrogen-bond donors (Lipinski definition) is 2. The number of aryl methyl sites for hydroxylation is 2. The number of hydrogen-bond acceptors (Lipinski definition) is 3. The van der Waals surface area contributed by atoms with Gasteiger partial charge in [-0.15, -0.1) is 0 Å². The molecule has 2 heterocycles. The molecule has 0 radical (unpaired) electrons. The standard InChI is InChI=1S/C16H19N3O/c1-10-7-11(2)9-12(8-10)14-13-5-3-4-6-17-15(13)19-16(20)18-14/h7-9H,3-6H2,1-2H3,(H2,17,18,19,20). The maximum Gasteiger partial charge on any atom is 0.347 e. The van der Waals surface area contributed by atoms with Gasteiger partial charge >= 0.3 is 5.69 Å². The highest BCUT2D eigenvalue weighted by Gasteiger charge is 2.16. The number of benzene rings is 1. The summed E-state index contributed by atoms with van der Waals surface area (Å²) in [6.07, 6.45) is 3.18. The van der Waals surface area contributed by atoms with E-state index in [1.165, 1.54) is 11.1 Å². The van der Waals surface area contributed by atoms with Crippen LogP contribution in [0.2, 0.25) is 0 Å². The molecule has 0 atom stereocenters. The van der Waals surface area contributed by atoms with Gasteiger partial charge in [0.2, 0.25) is 0 Å². The number of H-pyrrole nitrogens is 1. The second-order valence-corrected chi connectivity index (χ2v) is 5.50. The molecule has 104 valence electrons. The number of rotatable bonds is 1. The van der Waals surface area contributed by atoms with Crippen molar-refractivity contribution in [2.75, 3.05) is 11.9 Å². The number of aromatic amines is 1. The van der Waals surface area contributed by atoms with Crippen LogP contribution in [0.4, 0.5) is 5.82 Å².